The van der Waals surface area contributed by atoms with E-state index in [1.807, 2.05) is 26.0 Å². The first-order valence-electron chi connectivity index (χ1n) is 7.21. The van der Waals surface area contributed by atoms with Gasteiger partial charge < -0.3 is 5.11 Å². The largest absolute Gasteiger partial charge is 0.477 e. The van der Waals surface area contributed by atoms with Gasteiger partial charge in [0.25, 0.3) is 0 Å². The van der Waals surface area contributed by atoms with E-state index in [0.717, 1.165) is 17.0 Å². The molecule has 1 aromatic heterocycles. The number of carbonyl (C=O) groups is 1. The zero-order chi connectivity index (χ0) is 15.6. The number of aromatic nitrogens is 1. The molecule has 0 radical (unpaired) electrons. The van der Waals surface area contributed by atoms with Crippen molar-refractivity contribution in [2.24, 2.45) is 5.92 Å². The Bertz CT molecular complexity index is 627. The normalized spacial score (nSPS) is 11.3. The van der Waals surface area contributed by atoms with Crippen molar-refractivity contribution >= 4 is 17.3 Å². The second-order valence-electron chi connectivity index (χ2n) is 5.99. The molecule has 0 bridgehead atoms. The predicted octanol–water partition coefficient (Wildman–Crippen LogP) is 4.83. The second kappa shape index (κ2) is 6.39. The fourth-order valence-electron chi connectivity index (χ4n) is 2.25. The van der Waals surface area contributed by atoms with Crippen molar-refractivity contribution in [2.45, 2.75) is 40.0 Å². The smallest absolute Gasteiger partial charge is 0.347 e. The molecule has 0 unspecified atom stereocenters. The van der Waals surface area contributed by atoms with Crippen LogP contribution in [-0.2, 0) is 6.42 Å². The van der Waals surface area contributed by atoms with Gasteiger partial charge >= 0.3 is 5.97 Å². The van der Waals surface area contributed by atoms with Crippen LogP contribution in [0.4, 0.5) is 0 Å². The summed E-state index contributed by atoms with van der Waals surface area (Å²) in [6, 6.07) is 8.27. The third-order valence-electron chi connectivity index (χ3n) is 3.24. The molecule has 2 rings (SSSR count). The maximum Gasteiger partial charge on any atom is 0.347 e. The number of benzene rings is 1. The van der Waals surface area contributed by atoms with Gasteiger partial charge in [-0.2, -0.15) is 0 Å². The van der Waals surface area contributed by atoms with Gasteiger partial charge in [0.15, 0.2) is 0 Å². The minimum atomic E-state index is -0.890. The van der Waals surface area contributed by atoms with Crippen molar-refractivity contribution in [1.29, 1.82) is 0 Å². The Kier molecular flexibility index (Phi) is 4.78. The lowest BCUT2D eigenvalue weighted by atomic mass is 10.0. The van der Waals surface area contributed by atoms with Crippen molar-refractivity contribution < 1.29 is 9.90 Å². The Hall–Kier alpha value is -1.68. The summed E-state index contributed by atoms with van der Waals surface area (Å²) < 4.78 is 0. The number of thiazole rings is 1. The Morgan fingerprint density at radius 3 is 2.24 bits per heavy atom. The van der Waals surface area contributed by atoms with Crippen molar-refractivity contribution in [3.8, 4) is 10.6 Å². The monoisotopic (exact) mass is 303 g/mol. The molecule has 1 N–H and O–H groups in total. The Labute approximate surface area is 129 Å². The zero-order valence-electron chi connectivity index (χ0n) is 12.9. The van der Waals surface area contributed by atoms with Crippen molar-refractivity contribution in [2.75, 3.05) is 0 Å². The highest BCUT2D eigenvalue weighted by atomic mass is 32.1. The molecule has 2 aromatic rings. The van der Waals surface area contributed by atoms with Gasteiger partial charge in [0.1, 0.15) is 9.88 Å². The molecule has 4 heteroatoms. The molecule has 0 saturated carbocycles. The average molecular weight is 303 g/mol. The summed E-state index contributed by atoms with van der Waals surface area (Å²) in [6.07, 6.45) is 1.05. The lowest BCUT2D eigenvalue weighted by Gasteiger charge is -2.05. The number of aromatic carboxylic acids is 1. The van der Waals surface area contributed by atoms with Gasteiger partial charge in [0, 0.05) is 5.56 Å². The predicted molar refractivity (Wildman–Crippen MR) is 87.1 cm³/mol. The fraction of sp³-hybridized carbons (Fsp3) is 0.412. The molecule has 0 amide bonds. The van der Waals surface area contributed by atoms with Crippen LogP contribution in [0.3, 0.4) is 0 Å². The number of nitrogens with zero attached hydrogens (tertiary/aromatic N) is 1. The summed E-state index contributed by atoms with van der Waals surface area (Å²) in [7, 11) is 0. The molecule has 0 atom stereocenters. The van der Waals surface area contributed by atoms with Gasteiger partial charge in [-0.1, -0.05) is 52.0 Å². The molecule has 0 aliphatic carbocycles. The van der Waals surface area contributed by atoms with Crippen LogP contribution in [0.2, 0.25) is 0 Å². The SMILES string of the molecule is CC(C)Cc1ccc(-c2nc(C(C)C)c(C(=O)O)s2)cc1. The minimum absolute atomic E-state index is 0.112. The van der Waals surface area contributed by atoms with Crippen LogP contribution in [0.1, 0.15) is 54.5 Å². The molecular formula is C17H21NO2S. The van der Waals surface area contributed by atoms with E-state index < -0.39 is 5.97 Å². The third-order valence-corrected chi connectivity index (χ3v) is 4.35. The molecule has 112 valence electrons. The minimum Gasteiger partial charge on any atom is -0.477 e. The van der Waals surface area contributed by atoms with Crippen molar-refractivity contribution in [3.63, 3.8) is 0 Å². The molecule has 0 saturated heterocycles. The van der Waals surface area contributed by atoms with E-state index in [9.17, 15) is 9.90 Å². The average Bonchev–Trinajstić information content (AvgIpc) is 2.84. The summed E-state index contributed by atoms with van der Waals surface area (Å²) in [6.45, 7) is 8.33. The maximum atomic E-state index is 11.3. The number of hydrogen-bond donors (Lipinski definition) is 1. The number of hydrogen-bond acceptors (Lipinski definition) is 3. The standard InChI is InChI=1S/C17H21NO2S/c1-10(2)9-12-5-7-13(8-6-12)16-18-14(11(3)4)15(21-16)17(19)20/h5-8,10-11H,9H2,1-4H3,(H,19,20). The summed E-state index contributed by atoms with van der Waals surface area (Å²) in [5.41, 5.74) is 2.96. The number of carboxylic acid groups (broad SMARTS) is 1. The van der Waals surface area contributed by atoms with E-state index in [-0.39, 0.29) is 5.92 Å². The lowest BCUT2D eigenvalue weighted by molar-refractivity contribution is 0.0700. The Morgan fingerprint density at radius 2 is 1.81 bits per heavy atom. The molecule has 0 fully saturated rings. The second-order valence-corrected chi connectivity index (χ2v) is 6.99. The van der Waals surface area contributed by atoms with E-state index in [0.29, 0.717) is 16.5 Å². The summed E-state index contributed by atoms with van der Waals surface area (Å²) >= 11 is 1.26. The molecule has 0 aliphatic heterocycles. The number of rotatable bonds is 5. The van der Waals surface area contributed by atoms with Crippen LogP contribution in [0.25, 0.3) is 10.6 Å². The van der Waals surface area contributed by atoms with Gasteiger partial charge in [0.05, 0.1) is 5.69 Å². The van der Waals surface area contributed by atoms with Crippen LogP contribution < -0.4 is 0 Å². The van der Waals surface area contributed by atoms with E-state index in [2.05, 4.69) is 31.0 Å². The van der Waals surface area contributed by atoms with Crippen LogP contribution in [0.15, 0.2) is 24.3 Å². The van der Waals surface area contributed by atoms with Gasteiger partial charge in [-0.15, -0.1) is 11.3 Å². The van der Waals surface area contributed by atoms with E-state index >= 15 is 0 Å². The summed E-state index contributed by atoms with van der Waals surface area (Å²) in [5, 5.41) is 10.1. The molecule has 0 spiro atoms. The fourth-order valence-corrected chi connectivity index (χ4v) is 3.32. The van der Waals surface area contributed by atoms with Gasteiger partial charge in [-0.05, 0) is 23.8 Å². The van der Waals surface area contributed by atoms with E-state index in [1.165, 1.54) is 16.9 Å². The van der Waals surface area contributed by atoms with Crippen LogP contribution in [0, 0.1) is 5.92 Å². The maximum absolute atomic E-state index is 11.3. The molecule has 1 heterocycles. The Morgan fingerprint density at radius 1 is 1.19 bits per heavy atom. The van der Waals surface area contributed by atoms with Crippen molar-refractivity contribution in [1.82, 2.24) is 4.98 Å². The lowest BCUT2D eigenvalue weighted by Crippen LogP contribution is -2.00. The summed E-state index contributed by atoms with van der Waals surface area (Å²) in [5.74, 6) is -0.151. The Balaban J connectivity index is 2.34. The molecule has 0 aliphatic rings. The molecule has 1 aromatic carbocycles. The topological polar surface area (TPSA) is 50.2 Å². The highest BCUT2D eigenvalue weighted by Gasteiger charge is 2.20. The first-order chi connectivity index (χ1) is 9.88. The van der Waals surface area contributed by atoms with E-state index in [4.69, 9.17) is 0 Å². The molecule has 3 nitrogen and oxygen atoms in total. The van der Waals surface area contributed by atoms with Crippen LogP contribution >= 0.6 is 11.3 Å². The van der Waals surface area contributed by atoms with Gasteiger partial charge in [-0.3, -0.25) is 0 Å². The van der Waals surface area contributed by atoms with Gasteiger partial charge in [-0.25, -0.2) is 9.78 Å². The van der Waals surface area contributed by atoms with Gasteiger partial charge in [0.2, 0.25) is 0 Å². The first-order valence-corrected chi connectivity index (χ1v) is 8.03. The number of carboxylic acids is 1. The first kappa shape index (κ1) is 15.7. The molecular weight excluding hydrogens is 282 g/mol. The molecule has 21 heavy (non-hydrogen) atoms. The summed E-state index contributed by atoms with van der Waals surface area (Å²) in [4.78, 5) is 16.2. The van der Waals surface area contributed by atoms with Crippen LogP contribution in [-0.4, -0.2) is 16.1 Å². The third kappa shape index (κ3) is 3.70. The zero-order valence-corrected chi connectivity index (χ0v) is 13.7. The van der Waals surface area contributed by atoms with E-state index in [1.54, 1.807) is 0 Å². The van der Waals surface area contributed by atoms with Crippen LogP contribution in [0.5, 0.6) is 0 Å². The highest BCUT2D eigenvalue weighted by molar-refractivity contribution is 7.17. The van der Waals surface area contributed by atoms with Crippen molar-refractivity contribution in [3.05, 3.63) is 40.4 Å². The highest BCUT2D eigenvalue weighted by Crippen LogP contribution is 2.32. The quantitative estimate of drug-likeness (QED) is 0.860.